The lowest BCUT2D eigenvalue weighted by atomic mass is 10.0. The zero-order valence-electron chi connectivity index (χ0n) is 12.2. The number of hydrogen-bond donors (Lipinski definition) is 1. The fourth-order valence-electron chi connectivity index (χ4n) is 2.10. The van der Waals surface area contributed by atoms with Crippen LogP contribution in [0.25, 0.3) is 0 Å². The number of ether oxygens (including phenoxy) is 1. The second-order valence-corrected chi connectivity index (χ2v) is 6.79. The maximum atomic E-state index is 5.48. The summed E-state index contributed by atoms with van der Waals surface area (Å²) in [7, 11) is 1.74. The molecule has 0 bridgehead atoms. The number of methoxy groups -OCH3 is 1. The van der Waals surface area contributed by atoms with Crippen LogP contribution in [-0.4, -0.2) is 13.7 Å². The minimum atomic E-state index is 0.372. The van der Waals surface area contributed by atoms with Crippen molar-refractivity contribution in [3.63, 3.8) is 0 Å². The fourth-order valence-corrected chi connectivity index (χ4v) is 3.86. The molecule has 2 aromatic rings. The van der Waals surface area contributed by atoms with Crippen LogP contribution in [0.1, 0.15) is 31.0 Å². The summed E-state index contributed by atoms with van der Waals surface area (Å²) in [5, 5.41) is 5.56. The van der Waals surface area contributed by atoms with Gasteiger partial charge in [-0.15, -0.1) is 23.1 Å². The first kappa shape index (κ1) is 15.4. The molecule has 1 heterocycles. The molecule has 2 rings (SSSR count). The summed E-state index contributed by atoms with van der Waals surface area (Å²) in [4.78, 5) is 0. The van der Waals surface area contributed by atoms with Gasteiger partial charge in [0.1, 0.15) is 5.75 Å². The number of nitrogens with one attached hydrogen (secondary N) is 1. The first-order valence-electron chi connectivity index (χ1n) is 6.81. The van der Waals surface area contributed by atoms with E-state index in [-0.39, 0.29) is 0 Å². The van der Waals surface area contributed by atoms with Gasteiger partial charge in [0.15, 0.2) is 0 Å². The first-order valence-corrected chi connectivity index (χ1v) is 8.67. The van der Waals surface area contributed by atoms with Crippen LogP contribution in [0.4, 0.5) is 0 Å². The van der Waals surface area contributed by atoms with E-state index in [0.717, 1.165) is 18.0 Å². The molecule has 0 spiro atoms. The monoisotopic (exact) mass is 307 g/mol. The second-order valence-electron chi connectivity index (χ2n) is 4.57. The summed E-state index contributed by atoms with van der Waals surface area (Å²) < 4.78 is 6.82. The molecule has 1 unspecified atom stereocenters. The van der Waals surface area contributed by atoms with Crippen LogP contribution in [0.2, 0.25) is 0 Å². The van der Waals surface area contributed by atoms with Crippen molar-refractivity contribution < 1.29 is 4.74 Å². The van der Waals surface area contributed by atoms with Crippen molar-refractivity contribution in [1.29, 1.82) is 0 Å². The molecule has 20 heavy (non-hydrogen) atoms. The Bertz CT molecular complexity index is 525. The van der Waals surface area contributed by atoms with Gasteiger partial charge in [0.25, 0.3) is 0 Å². The number of rotatable bonds is 7. The van der Waals surface area contributed by atoms with Gasteiger partial charge in [-0.3, -0.25) is 0 Å². The Morgan fingerprint density at radius 1 is 1.35 bits per heavy atom. The third-order valence-corrected chi connectivity index (χ3v) is 5.36. The Labute approximate surface area is 129 Å². The quantitative estimate of drug-likeness (QED) is 0.748. The van der Waals surface area contributed by atoms with Crippen LogP contribution in [-0.2, 0) is 5.75 Å². The Kier molecular flexibility index (Phi) is 5.95. The molecule has 108 valence electrons. The van der Waals surface area contributed by atoms with Crippen LogP contribution >= 0.6 is 23.1 Å². The molecule has 1 N–H and O–H groups in total. The topological polar surface area (TPSA) is 21.3 Å². The predicted molar refractivity (Wildman–Crippen MR) is 89.0 cm³/mol. The zero-order valence-corrected chi connectivity index (χ0v) is 13.8. The summed E-state index contributed by atoms with van der Waals surface area (Å²) in [5.74, 6) is 1.91. The molecular weight excluding hydrogens is 286 g/mol. The average Bonchev–Trinajstić information content (AvgIpc) is 2.98. The highest BCUT2D eigenvalue weighted by molar-refractivity contribution is 8.00. The van der Waals surface area contributed by atoms with Gasteiger partial charge in [0.2, 0.25) is 0 Å². The standard InChI is InChI=1S/C16H21NOS2/c1-4-17-12(2)13-7-8-15(18-3)14(10-13)11-20-16-6-5-9-19-16/h5-10,12,17H,4,11H2,1-3H3. The smallest absolute Gasteiger partial charge is 0.122 e. The highest BCUT2D eigenvalue weighted by atomic mass is 32.2. The van der Waals surface area contributed by atoms with Crippen molar-refractivity contribution in [3.8, 4) is 5.75 Å². The lowest BCUT2D eigenvalue weighted by molar-refractivity contribution is 0.411. The molecule has 4 heteroatoms. The highest BCUT2D eigenvalue weighted by Crippen LogP contribution is 2.32. The molecule has 1 aromatic heterocycles. The molecule has 0 aliphatic rings. The van der Waals surface area contributed by atoms with E-state index >= 15 is 0 Å². The normalized spacial score (nSPS) is 12.3. The number of benzene rings is 1. The predicted octanol–water partition coefficient (Wildman–Crippen LogP) is 4.72. The van der Waals surface area contributed by atoms with E-state index < -0.39 is 0 Å². The van der Waals surface area contributed by atoms with Gasteiger partial charge in [-0.05, 0) is 42.6 Å². The van der Waals surface area contributed by atoms with Gasteiger partial charge in [0.05, 0.1) is 11.3 Å². The van der Waals surface area contributed by atoms with Crippen molar-refractivity contribution in [2.24, 2.45) is 0 Å². The van der Waals surface area contributed by atoms with Crippen molar-refractivity contribution in [3.05, 3.63) is 46.8 Å². The van der Waals surface area contributed by atoms with Gasteiger partial charge in [-0.25, -0.2) is 0 Å². The summed E-state index contributed by atoms with van der Waals surface area (Å²) >= 11 is 3.65. The van der Waals surface area contributed by atoms with Gasteiger partial charge in [-0.1, -0.05) is 19.1 Å². The highest BCUT2D eigenvalue weighted by Gasteiger charge is 2.09. The number of thiophene rings is 1. The molecule has 0 aliphatic carbocycles. The first-order chi connectivity index (χ1) is 9.74. The molecule has 0 aliphatic heterocycles. The van der Waals surface area contributed by atoms with Crippen LogP contribution in [0, 0.1) is 0 Å². The van der Waals surface area contributed by atoms with Gasteiger partial charge < -0.3 is 10.1 Å². The van der Waals surface area contributed by atoms with Crippen LogP contribution in [0.3, 0.4) is 0 Å². The number of hydrogen-bond acceptors (Lipinski definition) is 4. The molecule has 1 atom stereocenters. The third-order valence-electron chi connectivity index (χ3n) is 3.18. The Morgan fingerprint density at radius 2 is 2.20 bits per heavy atom. The number of thioether (sulfide) groups is 1. The molecule has 0 amide bonds. The van der Waals surface area contributed by atoms with Gasteiger partial charge in [-0.2, -0.15) is 0 Å². The second kappa shape index (κ2) is 7.72. The largest absolute Gasteiger partial charge is 0.496 e. The van der Waals surface area contributed by atoms with E-state index in [2.05, 4.69) is 54.9 Å². The van der Waals surface area contributed by atoms with Crippen molar-refractivity contribution >= 4 is 23.1 Å². The van der Waals surface area contributed by atoms with Crippen molar-refractivity contribution in [2.45, 2.75) is 29.9 Å². The summed E-state index contributed by atoms with van der Waals surface area (Å²) in [6, 6.07) is 11.1. The van der Waals surface area contributed by atoms with Crippen molar-refractivity contribution in [2.75, 3.05) is 13.7 Å². The maximum absolute atomic E-state index is 5.48. The van der Waals surface area contributed by atoms with Crippen molar-refractivity contribution in [1.82, 2.24) is 5.32 Å². The van der Waals surface area contributed by atoms with Crippen LogP contribution < -0.4 is 10.1 Å². The van der Waals surface area contributed by atoms with Gasteiger partial charge in [0, 0.05) is 17.4 Å². The fraction of sp³-hybridized carbons (Fsp3) is 0.375. The Balaban J connectivity index is 2.13. The van der Waals surface area contributed by atoms with E-state index in [4.69, 9.17) is 4.74 Å². The Hall–Kier alpha value is -0.970. The minimum absolute atomic E-state index is 0.372. The van der Waals surface area contributed by atoms with E-state index in [1.807, 2.05) is 11.8 Å². The lowest BCUT2D eigenvalue weighted by Crippen LogP contribution is -2.17. The summed E-state index contributed by atoms with van der Waals surface area (Å²) in [6.07, 6.45) is 0. The Morgan fingerprint density at radius 3 is 2.85 bits per heavy atom. The van der Waals surface area contributed by atoms with E-state index in [9.17, 15) is 0 Å². The molecule has 0 saturated heterocycles. The molecule has 0 radical (unpaired) electrons. The lowest BCUT2D eigenvalue weighted by Gasteiger charge is -2.16. The minimum Gasteiger partial charge on any atom is -0.496 e. The molecule has 0 fully saturated rings. The summed E-state index contributed by atoms with van der Waals surface area (Å²) in [5.41, 5.74) is 2.57. The van der Waals surface area contributed by atoms with E-state index in [1.54, 1.807) is 18.4 Å². The molecule has 2 nitrogen and oxygen atoms in total. The SMILES string of the molecule is CCNC(C)c1ccc(OC)c(CSc2cccs2)c1. The van der Waals surface area contributed by atoms with Gasteiger partial charge >= 0.3 is 0 Å². The van der Waals surface area contributed by atoms with E-state index in [1.165, 1.54) is 15.3 Å². The maximum Gasteiger partial charge on any atom is 0.122 e. The van der Waals surface area contributed by atoms with E-state index in [0.29, 0.717) is 6.04 Å². The third kappa shape index (κ3) is 4.01. The molecule has 1 aromatic carbocycles. The molecular formula is C16H21NOS2. The average molecular weight is 307 g/mol. The van der Waals surface area contributed by atoms with Crippen LogP contribution in [0.5, 0.6) is 5.75 Å². The summed E-state index contributed by atoms with van der Waals surface area (Å²) in [6.45, 7) is 5.31. The van der Waals surface area contributed by atoms with Crippen LogP contribution in [0.15, 0.2) is 39.9 Å². The zero-order chi connectivity index (χ0) is 14.4. The molecule has 0 saturated carbocycles.